The number of aliphatic hydroxyl groups is 2. The number of carbonyl (C=O) groups is 1. The largest absolute Gasteiger partial charge is 0.396 e. The molecule has 2 rings (SSSR count). The van der Waals surface area contributed by atoms with Crippen molar-refractivity contribution in [3.63, 3.8) is 0 Å². The molecule has 2 heterocycles. The Morgan fingerprint density at radius 1 is 1.50 bits per heavy atom. The second kappa shape index (κ2) is 6.64. The third kappa shape index (κ3) is 3.30. The van der Waals surface area contributed by atoms with Crippen LogP contribution in [0, 0.1) is 0 Å². The first-order valence-corrected chi connectivity index (χ1v) is 6.56. The first kappa shape index (κ1) is 16.1. The maximum Gasteiger partial charge on any atom is 0.327 e. The molecule has 22 heavy (non-hydrogen) atoms. The Bertz CT molecular complexity index is 694. The van der Waals surface area contributed by atoms with E-state index in [1.807, 2.05) is 4.98 Å². The van der Waals surface area contributed by atoms with E-state index in [1.165, 1.54) is 6.92 Å². The van der Waals surface area contributed by atoms with E-state index >= 15 is 0 Å². The van der Waals surface area contributed by atoms with E-state index in [0.717, 1.165) is 5.06 Å². The predicted octanol–water partition coefficient (Wildman–Crippen LogP) is -1.78. The van der Waals surface area contributed by atoms with Gasteiger partial charge in [0.15, 0.2) is 17.8 Å². The van der Waals surface area contributed by atoms with Gasteiger partial charge in [-0.25, -0.2) is 14.9 Å². The Morgan fingerprint density at radius 2 is 2.23 bits per heavy atom. The lowest BCUT2D eigenvalue weighted by Gasteiger charge is -2.18. The van der Waals surface area contributed by atoms with E-state index in [-0.39, 0.29) is 36.8 Å². The summed E-state index contributed by atoms with van der Waals surface area (Å²) in [6, 6.07) is 0. The smallest absolute Gasteiger partial charge is 0.327 e. The minimum Gasteiger partial charge on any atom is -0.396 e. The van der Waals surface area contributed by atoms with E-state index in [0.29, 0.717) is 6.29 Å². The van der Waals surface area contributed by atoms with E-state index in [4.69, 9.17) is 9.94 Å². The summed E-state index contributed by atoms with van der Waals surface area (Å²) in [5, 5.41) is 19.9. The number of aldehydes is 1. The average Bonchev–Trinajstić information content (AvgIpc) is 2.83. The van der Waals surface area contributed by atoms with Gasteiger partial charge in [-0.2, -0.15) is 0 Å². The van der Waals surface area contributed by atoms with Gasteiger partial charge in [-0.3, -0.25) is 24.4 Å². The highest BCUT2D eigenvalue weighted by atomic mass is 16.7. The van der Waals surface area contributed by atoms with E-state index in [9.17, 15) is 19.5 Å². The van der Waals surface area contributed by atoms with Gasteiger partial charge in [-0.15, -0.1) is 0 Å². The fourth-order valence-electron chi connectivity index (χ4n) is 2.04. The number of rotatable bonds is 5. The number of H-pyrrole nitrogens is 2. The van der Waals surface area contributed by atoms with Crippen LogP contribution in [0.5, 0.6) is 0 Å². The van der Waals surface area contributed by atoms with Gasteiger partial charge < -0.3 is 10.2 Å². The van der Waals surface area contributed by atoms with Crippen molar-refractivity contribution in [1.29, 1.82) is 0 Å². The summed E-state index contributed by atoms with van der Waals surface area (Å²) >= 11 is 0. The van der Waals surface area contributed by atoms with E-state index < -0.39 is 23.5 Å². The zero-order chi connectivity index (χ0) is 16.3. The van der Waals surface area contributed by atoms with E-state index in [2.05, 4.69) is 9.98 Å². The lowest BCUT2D eigenvalue weighted by molar-refractivity contribution is -0.102. The number of carbonyl (C=O) groups excluding carboxylic acids is 1. The van der Waals surface area contributed by atoms with Crippen LogP contribution in [0.1, 0.15) is 13.3 Å². The molecule has 0 unspecified atom stereocenters. The highest BCUT2D eigenvalue weighted by Gasteiger charge is 2.34. The van der Waals surface area contributed by atoms with Crippen LogP contribution in [0.15, 0.2) is 14.6 Å². The number of hydroxylamine groups is 1. The van der Waals surface area contributed by atoms with Crippen LogP contribution in [0.2, 0.25) is 0 Å². The summed E-state index contributed by atoms with van der Waals surface area (Å²) in [5.74, 6) is -0.0607. The second-order valence-electron chi connectivity index (χ2n) is 4.76. The maximum atomic E-state index is 11.9. The van der Waals surface area contributed by atoms with Gasteiger partial charge in [0.2, 0.25) is 0 Å². The molecule has 0 bridgehead atoms. The fraction of sp³-hybridized carbons (Fsp3) is 0.500. The molecule has 10 nitrogen and oxygen atoms in total. The molecule has 0 aromatic carbocycles. The lowest BCUT2D eigenvalue weighted by atomic mass is 10.1. The van der Waals surface area contributed by atoms with Crippen molar-refractivity contribution in [3.8, 4) is 0 Å². The monoisotopic (exact) mass is 312 g/mol. The van der Waals surface area contributed by atoms with Crippen LogP contribution in [-0.2, 0) is 9.63 Å². The average molecular weight is 312 g/mol. The van der Waals surface area contributed by atoms with Gasteiger partial charge in [-0.1, -0.05) is 0 Å². The van der Waals surface area contributed by atoms with Crippen molar-refractivity contribution >= 4 is 23.5 Å². The van der Waals surface area contributed by atoms with Crippen LogP contribution in [0.3, 0.4) is 0 Å². The van der Waals surface area contributed by atoms with Crippen molar-refractivity contribution in [1.82, 2.24) is 9.97 Å². The number of aromatic nitrogens is 2. The lowest BCUT2D eigenvalue weighted by Crippen LogP contribution is -2.29. The van der Waals surface area contributed by atoms with Crippen molar-refractivity contribution in [2.24, 2.45) is 4.99 Å². The summed E-state index contributed by atoms with van der Waals surface area (Å²) in [4.78, 5) is 47.6. The van der Waals surface area contributed by atoms with Crippen LogP contribution in [0.4, 0.5) is 11.5 Å². The number of aliphatic imine (C=N–C) groups is 1. The van der Waals surface area contributed by atoms with Gasteiger partial charge in [0, 0.05) is 13.0 Å². The normalized spacial score (nSPS) is 22.1. The summed E-state index contributed by atoms with van der Waals surface area (Å²) in [6.07, 6.45) is -0.921. The summed E-state index contributed by atoms with van der Waals surface area (Å²) in [6.45, 7) is 1.19. The summed E-state index contributed by atoms with van der Waals surface area (Å²) in [5.41, 5.74) is -1.73. The third-order valence-electron chi connectivity index (χ3n) is 3.06. The highest BCUT2D eigenvalue weighted by Crippen LogP contribution is 2.27. The minimum atomic E-state index is -0.904. The molecule has 1 aromatic heterocycles. The minimum absolute atomic E-state index is 0.0211. The predicted molar refractivity (Wildman–Crippen MR) is 76.4 cm³/mol. The van der Waals surface area contributed by atoms with Crippen molar-refractivity contribution in [2.45, 2.75) is 25.6 Å². The molecule has 2 atom stereocenters. The molecule has 0 spiro atoms. The Hall–Kier alpha value is -2.30. The zero-order valence-corrected chi connectivity index (χ0v) is 11.8. The molecule has 1 saturated heterocycles. The Labute approximate surface area is 124 Å². The highest BCUT2D eigenvalue weighted by molar-refractivity contribution is 6.27. The third-order valence-corrected chi connectivity index (χ3v) is 3.06. The topological polar surface area (TPSA) is 148 Å². The molecule has 10 heteroatoms. The molecular formula is C12H16N4O6. The van der Waals surface area contributed by atoms with Gasteiger partial charge in [0.05, 0.1) is 12.3 Å². The van der Waals surface area contributed by atoms with Crippen LogP contribution < -0.4 is 16.3 Å². The maximum absolute atomic E-state index is 11.9. The molecule has 0 aliphatic carbocycles. The van der Waals surface area contributed by atoms with Crippen molar-refractivity contribution in [3.05, 3.63) is 20.8 Å². The standard InChI is InChI=1S/C12H16N4O6/c1-6(5-18)13-9-10(14-12(21)15-11(9)20)16-4-7(19)8(22-16)2-3-17/h5,7-8,17,19H,2-4H2,1H3,(H2,14,15,20,21)/t7-,8+/m0/s1. The molecule has 0 saturated carbocycles. The first-order chi connectivity index (χ1) is 10.5. The number of nitrogens with one attached hydrogen (secondary N) is 2. The number of anilines is 1. The van der Waals surface area contributed by atoms with Crippen molar-refractivity contribution < 1.29 is 19.8 Å². The fourth-order valence-corrected chi connectivity index (χ4v) is 2.04. The Morgan fingerprint density at radius 3 is 2.86 bits per heavy atom. The van der Waals surface area contributed by atoms with E-state index in [1.54, 1.807) is 0 Å². The number of aromatic amines is 2. The summed E-state index contributed by atoms with van der Waals surface area (Å²) in [7, 11) is 0. The second-order valence-corrected chi connectivity index (χ2v) is 4.76. The first-order valence-electron chi connectivity index (χ1n) is 6.56. The molecule has 1 fully saturated rings. The van der Waals surface area contributed by atoms with Crippen LogP contribution >= 0.6 is 0 Å². The van der Waals surface area contributed by atoms with Gasteiger partial charge in [0.25, 0.3) is 5.56 Å². The van der Waals surface area contributed by atoms with Gasteiger partial charge in [0.1, 0.15) is 12.2 Å². The molecule has 0 amide bonds. The Kier molecular flexibility index (Phi) is 4.85. The number of β-amino-alcohol motifs (C(OH)–C–C–N with tert-alkyl or cyclic N) is 1. The van der Waals surface area contributed by atoms with Gasteiger partial charge >= 0.3 is 5.69 Å². The molecular weight excluding hydrogens is 296 g/mol. The van der Waals surface area contributed by atoms with Gasteiger partial charge in [-0.05, 0) is 6.92 Å². The number of aliphatic hydroxyl groups excluding tert-OH is 2. The molecule has 4 N–H and O–H groups in total. The zero-order valence-electron chi connectivity index (χ0n) is 11.8. The van der Waals surface area contributed by atoms with Crippen molar-refractivity contribution in [2.75, 3.05) is 18.2 Å². The number of hydrogen-bond acceptors (Lipinski definition) is 8. The summed E-state index contributed by atoms with van der Waals surface area (Å²) < 4.78 is 0. The molecule has 1 aliphatic heterocycles. The number of hydrogen-bond donors (Lipinski definition) is 4. The molecule has 120 valence electrons. The van der Waals surface area contributed by atoms with Crippen LogP contribution in [-0.4, -0.2) is 57.5 Å². The number of nitrogens with zero attached hydrogens (tertiary/aromatic N) is 2. The quantitative estimate of drug-likeness (QED) is 0.371. The van der Waals surface area contributed by atoms with Crippen LogP contribution in [0.25, 0.3) is 0 Å². The SMILES string of the molecule is CC(C=O)=Nc1c(N2C[C@H](O)[C@@H](CCO)O2)[nH]c(=O)[nH]c1=O. The molecule has 1 aromatic rings. The molecule has 1 aliphatic rings. The Balaban J connectivity index is 2.45. The molecule has 0 radical (unpaired) electrons.